The lowest BCUT2D eigenvalue weighted by atomic mass is 9.85. The van der Waals surface area contributed by atoms with Crippen LogP contribution in [0.1, 0.15) is 39.5 Å². The molecule has 76 valence electrons. The summed E-state index contributed by atoms with van der Waals surface area (Å²) in [6.07, 6.45) is 4.99. The summed E-state index contributed by atoms with van der Waals surface area (Å²) in [4.78, 5) is 0. The molecule has 3 atom stereocenters. The third-order valence-electron chi connectivity index (χ3n) is 3.61. The Labute approximate surface area is 80.3 Å². The van der Waals surface area contributed by atoms with E-state index < -0.39 is 5.60 Å². The van der Waals surface area contributed by atoms with Crippen LogP contribution < -0.4 is 0 Å². The van der Waals surface area contributed by atoms with Crippen LogP contribution in [0.15, 0.2) is 0 Å². The SMILES string of the molecule is CC(C)OCC1(O)CC2CCC1C2. The highest BCUT2D eigenvalue weighted by molar-refractivity contribution is 5.01. The van der Waals surface area contributed by atoms with Crippen molar-refractivity contribution >= 4 is 0 Å². The van der Waals surface area contributed by atoms with Crippen molar-refractivity contribution in [2.24, 2.45) is 11.8 Å². The van der Waals surface area contributed by atoms with Gasteiger partial charge in [0.1, 0.15) is 0 Å². The number of hydrogen-bond donors (Lipinski definition) is 1. The Morgan fingerprint density at radius 1 is 1.46 bits per heavy atom. The predicted octanol–water partition coefficient (Wildman–Crippen LogP) is 1.96. The first-order valence-corrected chi connectivity index (χ1v) is 5.44. The van der Waals surface area contributed by atoms with Gasteiger partial charge in [0.2, 0.25) is 0 Å². The van der Waals surface area contributed by atoms with Gasteiger partial charge in [-0.3, -0.25) is 0 Å². The molecule has 0 radical (unpaired) electrons. The first kappa shape index (κ1) is 9.47. The van der Waals surface area contributed by atoms with E-state index in [-0.39, 0.29) is 6.10 Å². The molecule has 0 heterocycles. The molecule has 0 aromatic carbocycles. The molecule has 0 spiro atoms. The van der Waals surface area contributed by atoms with E-state index in [9.17, 15) is 5.11 Å². The van der Waals surface area contributed by atoms with Crippen LogP contribution in [0.4, 0.5) is 0 Å². The molecule has 2 fully saturated rings. The Balaban J connectivity index is 1.90. The molecule has 0 aromatic rings. The van der Waals surface area contributed by atoms with Gasteiger partial charge in [0.05, 0.1) is 18.3 Å². The Hall–Kier alpha value is -0.0800. The second-order valence-electron chi connectivity index (χ2n) is 5.04. The van der Waals surface area contributed by atoms with Gasteiger partial charge in [0.15, 0.2) is 0 Å². The molecule has 2 heteroatoms. The standard InChI is InChI=1S/C11H20O2/c1-8(2)13-7-11(12)6-9-3-4-10(11)5-9/h8-10,12H,3-7H2,1-2H3. The maximum Gasteiger partial charge on any atom is 0.0910 e. The summed E-state index contributed by atoms with van der Waals surface area (Å²) in [6, 6.07) is 0. The Bertz CT molecular complexity index is 191. The maximum atomic E-state index is 10.3. The zero-order valence-corrected chi connectivity index (χ0v) is 8.62. The molecule has 2 aliphatic rings. The number of ether oxygens (including phenoxy) is 1. The van der Waals surface area contributed by atoms with E-state index in [1.165, 1.54) is 19.3 Å². The monoisotopic (exact) mass is 184 g/mol. The fourth-order valence-corrected chi connectivity index (χ4v) is 2.90. The van der Waals surface area contributed by atoms with Crippen molar-refractivity contribution in [3.05, 3.63) is 0 Å². The van der Waals surface area contributed by atoms with Gasteiger partial charge in [-0.05, 0) is 51.4 Å². The van der Waals surface area contributed by atoms with E-state index in [1.807, 2.05) is 13.8 Å². The maximum absolute atomic E-state index is 10.3. The largest absolute Gasteiger partial charge is 0.387 e. The van der Waals surface area contributed by atoms with Crippen LogP contribution in [0.2, 0.25) is 0 Å². The van der Waals surface area contributed by atoms with Crippen molar-refractivity contribution in [2.45, 2.75) is 51.2 Å². The van der Waals surface area contributed by atoms with Gasteiger partial charge in [-0.1, -0.05) is 0 Å². The Kier molecular flexibility index (Phi) is 2.37. The lowest BCUT2D eigenvalue weighted by Crippen LogP contribution is -2.40. The van der Waals surface area contributed by atoms with Crippen molar-refractivity contribution < 1.29 is 9.84 Å². The number of aliphatic hydroxyl groups is 1. The Morgan fingerprint density at radius 3 is 2.69 bits per heavy atom. The molecule has 13 heavy (non-hydrogen) atoms. The molecular weight excluding hydrogens is 164 g/mol. The molecule has 2 aliphatic carbocycles. The number of hydrogen-bond acceptors (Lipinski definition) is 2. The molecule has 2 saturated carbocycles. The van der Waals surface area contributed by atoms with E-state index in [2.05, 4.69) is 0 Å². The fraction of sp³-hybridized carbons (Fsp3) is 1.00. The molecule has 2 rings (SSSR count). The van der Waals surface area contributed by atoms with Crippen LogP contribution in [0, 0.1) is 11.8 Å². The molecule has 1 N–H and O–H groups in total. The van der Waals surface area contributed by atoms with Gasteiger partial charge < -0.3 is 9.84 Å². The second kappa shape index (κ2) is 3.25. The van der Waals surface area contributed by atoms with Crippen molar-refractivity contribution in [1.29, 1.82) is 0 Å². The summed E-state index contributed by atoms with van der Waals surface area (Å²) >= 11 is 0. The highest BCUT2D eigenvalue weighted by atomic mass is 16.5. The van der Waals surface area contributed by atoms with Crippen molar-refractivity contribution in [3.63, 3.8) is 0 Å². The van der Waals surface area contributed by atoms with Crippen LogP contribution in [0.25, 0.3) is 0 Å². The van der Waals surface area contributed by atoms with E-state index in [4.69, 9.17) is 4.74 Å². The van der Waals surface area contributed by atoms with Crippen LogP contribution in [-0.2, 0) is 4.74 Å². The highest BCUT2D eigenvalue weighted by Gasteiger charge is 2.49. The lowest BCUT2D eigenvalue weighted by Gasteiger charge is -2.32. The third-order valence-corrected chi connectivity index (χ3v) is 3.61. The summed E-state index contributed by atoms with van der Waals surface area (Å²) in [5.74, 6) is 1.31. The van der Waals surface area contributed by atoms with E-state index in [0.29, 0.717) is 12.5 Å². The zero-order chi connectivity index (χ0) is 9.47. The minimum absolute atomic E-state index is 0.239. The van der Waals surface area contributed by atoms with Gasteiger partial charge in [-0.2, -0.15) is 0 Å². The topological polar surface area (TPSA) is 29.5 Å². The first-order valence-electron chi connectivity index (χ1n) is 5.44. The van der Waals surface area contributed by atoms with Gasteiger partial charge in [-0.25, -0.2) is 0 Å². The van der Waals surface area contributed by atoms with Gasteiger partial charge in [-0.15, -0.1) is 0 Å². The van der Waals surface area contributed by atoms with Gasteiger partial charge >= 0.3 is 0 Å². The minimum Gasteiger partial charge on any atom is -0.387 e. The fourth-order valence-electron chi connectivity index (χ4n) is 2.90. The summed E-state index contributed by atoms with van der Waals surface area (Å²) in [7, 11) is 0. The molecule has 0 amide bonds. The van der Waals surface area contributed by atoms with Crippen LogP contribution in [-0.4, -0.2) is 23.4 Å². The predicted molar refractivity (Wildman–Crippen MR) is 51.5 cm³/mol. The lowest BCUT2D eigenvalue weighted by molar-refractivity contribution is -0.0945. The molecular formula is C11H20O2. The van der Waals surface area contributed by atoms with E-state index in [0.717, 1.165) is 12.3 Å². The average molecular weight is 184 g/mol. The number of fused-ring (bicyclic) bond motifs is 2. The number of rotatable bonds is 3. The van der Waals surface area contributed by atoms with Gasteiger partial charge in [0, 0.05) is 0 Å². The minimum atomic E-state index is -0.479. The molecule has 0 saturated heterocycles. The average Bonchev–Trinajstić information content (AvgIpc) is 2.60. The smallest absolute Gasteiger partial charge is 0.0910 e. The van der Waals surface area contributed by atoms with E-state index >= 15 is 0 Å². The van der Waals surface area contributed by atoms with E-state index in [1.54, 1.807) is 0 Å². The summed E-state index contributed by atoms with van der Waals surface area (Å²) < 4.78 is 5.53. The normalized spacial score (nSPS) is 43.4. The summed E-state index contributed by atoms with van der Waals surface area (Å²) in [5.41, 5.74) is -0.479. The van der Waals surface area contributed by atoms with Crippen molar-refractivity contribution in [1.82, 2.24) is 0 Å². The summed E-state index contributed by atoms with van der Waals surface area (Å²) in [6.45, 7) is 4.60. The molecule has 2 nitrogen and oxygen atoms in total. The third kappa shape index (κ3) is 1.75. The first-order chi connectivity index (χ1) is 6.10. The van der Waals surface area contributed by atoms with Gasteiger partial charge in [0.25, 0.3) is 0 Å². The second-order valence-corrected chi connectivity index (χ2v) is 5.04. The summed E-state index contributed by atoms with van der Waals surface area (Å²) in [5, 5.41) is 10.3. The molecule has 3 unspecified atom stereocenters. The molecule has 2 bridgehead atoms. The highest BCUT2D eigenvalue weighted by Crippen LogP contribution is 2.50. The quantitative estimate of drug-likeness (QED) is 0.726. The van der Waals surface area contributed by atoms with Crippen LogP contribution >= 0.6 is 0 Å². The Morgan fingerprint density at radius 2 is 2.23 bits per heavy atom. The van der Waals surface area contributed by atoms with Crippen molar-refractivity contribution in [2.75, 3.05) is 6.61 Å². The zero-order valence-electron chi connectivity index (χ0n) is 8.62. The molecule has 0 aliphatic heterocycles. The van der Waals surface area contributed by atoms with Crippen molar-refractivity contribution in [3.8, 4) is 0 Å². The van der Waals surface area contributed by atoms with Crippen LogP contribution in [0.3, 0.4) is 0 Å². The van der Waals surface area contributed by atoms with Crippen LogP contribution in [0.5, 0.6) is 0 Å². The molecule has 0 aromatic heterocycles.